The van der Waals surface area contributed by atoms with E-state index in [0.29, 0.717) is 25.4 Å². The number of carbonyl (C=O) groups excluding carboxylic acids is 1. The molecule has 0 amide bonds. The Hall–Kier alpha value is -2.75. The van der Waals surface area contributed by atoms with Crippen LogP contribution in [0.15, 0.2) is 48.5 Å². The molecule has 0 fully saturated rings. The zero-order chi connectivity index (χ0) is 24.4. The predicted octanol–water partition coefficient (Wildman–Crippen LogP) is 8.29. The summed E-state index contributed by atoms with van der Waals surface area (Å²) in [5.41, 5.74) is 1.46. The van der Waals surface area contributed by atoms with Crippen LogP contribution in [0.3, 0.4) is 0 Å². The Morgan fingerprint density at radius 3 is 1.91 bits per heavy atom. The molecule has 0 bridgehead atoms. The van der Waals surface area contributed by atoms with Crippen molar-refractivity contribution < 1.29 is 19.0 Å². The molecule has 0 spiro atoms. The standard InChI is InChI=1S/C30H42O4/c1-4-7-10-20-32-27-15-13-14-25(23-27)29(31)18-16-26-24-28(33-21-11-8-5-2)17-19-30(26)34-22-12-9-6-3/h13-19,23-24H,4-12,20-22H2,1-3H3/b18-16+. The van der Waals surface area contributed by atoms with E-state index >= 15 is 0 Å². The van der Waals surface area contributed by atoms with Crippen molar-refractivity contribution in [3.05, 3.63) is 59.7 Å². The number of benzene rings is 2. The maximum absolute atomic E-state index is 12.9. The Morgan fingerprint density at radius 1 is 0.706 bits per heavy atom. The van der Waals surface area contributed by atoms with Gasteiger partial charge in [-0.3, -0.25) is 4.79 Å². The van der Waals surface area contributed by atoms with Crippen LogP contribution in [-0.4, -0.2) is 25.6 Å². The number of rotatable bonds is 18. The summed E-state index contributed by atoms with van der Waals surface area (Å²) in [4.78, 5) is 12.9. The van der Waals surface area contributed by atoms with Crippen molar-refractivity contribution >= 4 is 11.9 Å². The summed E-state index contributed by atoms with van der Waals surface area (Å²) in [5, 5.41) is 0. The number of carbonyl (C=O) groups is 1. The zero-order valence-electron chi connectivity index (χ0n) is 21.3. The van der Waals surface area contributed by atoms with E-state index in [2.05, 4.69) is 20.8 Å². The van der Waals surface area contributed by atoms with Crippen LogP contribution in [0.5, 0.6) is 17.2 Å². The van der Waals surface area contributed by atoms with Crippen molar-refractivity contribution in [1.82, 2.24) is 0 Å². The lowest BCUT2D eigenvalue weighted by Gasteiger charge is -2.12. The molecule has 2 rings (SSSR count). The van der Waals surface area contributed by atoms with E-state index in [4.69, 9.17) is 14.2 Å². The highest BCUT2D eigenvalue weighted by Gasteiger charge is 2.08. The Balaban J connectivity index is 2.09. The van der Waals surface area contributed by atoms with E-state index in [-0.39, 0.29) is 5.78 Å². The van der Waals surface area contributed by atoms with Gasteiger partial charge in [0.25, 0.3) is 0 Å². The number of hydrogen-bond donors (Lipinski definition) is 0. The fraction of sp³-hybridized carbons (Fsp3) is 0.500. The Labute approximate surface area is 206 Å². The fourth-order valence-electron chi connectivity index (χ4n) is 3.50. The Bertz CT molecular complexity index is 872. The van der Waals surface area contributed by atoms with Crippen LogP contribution >= 0.6 is 0 Å². The first kappa shape index (κ1) is 27.5. The summed E-state index contributed by atoms with van der Waals surface area (Å²) in [6.07, 6.45) is 13.4. The monoisotopic (exact) mass is 466 g/mol. The molecular formula is C30H42O4. The van der Waals surface area contributed by atoms with E-state index in [0.717, 1.165) is 80.6 Å². The number of allylic oxidation sites excluding steroid dienone is 1. The lowest BCUT2D eigenvalue weighted by molar-refractivity contribution is 0.104. The second kappa shape index (κ2) is 16.8. The topological polar surface area (TPSA) is 44.8 Å². The highest BCUT2D eigenvalue weighted by Crippen LogP contribution is 2.27. The molecule has 186 valence electrons. The molecule has 0 N–H and O–H groups in total. The van der Waals surface area contributed by atoms with Crippen LogP contribution < -0.4 is 14.2 Å². The van der Waals surface area contributed by atoms with Crippen LogP contribution in [0.1, 0.15) is 94.5 Å². The van der Waals surface area contributed by atoms with Gasteiger partial charge < -0.3 is 14.2 Å². The minimum atomic E-state index is -0.0646. The first-order chi connectivity index (χ1) is 16.7. The van der Waals surface area contributed by atoms with Crippen molar-refractivity contribution in [2.75, 3.05) is 19.8 Å². The maximum atomic E-state index is 12.9. The van der Waals surface area contributed by atoms with Crippen molar-refractivity contribution in [3.63, 3.8) is 0 Å². The van der Waals surface area contributed by atoms with Crippen LogP contribution in [0.25, 0.3) is 6.08 Å². The molecule has 0 atom stereocenters. The summed E-state index contributed by atoms with van der Waals surface area (Å²) in [7, 11) is 0. The molecular weight excluding hydrogens is 424 g/mol. The predicted molar refractivity (Wildman–Crippen MR) is 141 cm³/mol. The van der Waals surface area contributed by atoms with E-state index in [1.54, 1.807) is 6.08 Å². The van der Waals surface area contributed by atoms with Gasteiger partial charge in [-0.05, 0) is 61.7 Å². The number of ether oxygens (including phenoxy) is 3. The van der Waals surface area contributed by atoms with Crippen LogP contribution in [-0.2, 0) is 0 Å². The van der Waals surface area contributed by atoms with Gasteiger partial charge in [0.15, 0.2) is 5.78 Å². The van der Waals surface area contributed by atoms with E-state index < -0.39 is 0 Å². The summed E-state index contributed by atoms with van der Waals surface area (Å²) in [6.45, 7) is 8.55. The summed E-state index contributed by atoms with van der Waals surface area (Å²) in [6, 6.07) is 13.2. The van der Waals surface area contributed by atoms with Gasteiger partial charge in [0.1, 0.15) is 17.2 Å². The van der Waals surface area contributed by atoms with Crippen LogP contribution in [0, 0.1) is 0 Å². The van der Waals surface area contributed by atoms with Gasteiger partial charge >= 0.3 is 0 Å². The molecule has 0 heterocycles. The minimum absolute atomic E-state index is 0.0646. The molecule has 0 aliphatic heterocycles. The van der Waals surface area contributed by atoms with Crippen molar-refractivity contribution in [2.24, 2.45) is 0 Å². The average molecular weight is 467 g/mol. The highest BCUT2D eigenvalue weighted by atomic mass is 16.5. The third-order valence-electron chi connectivity index (χ3n) is 5.55. The van der Waals surface area contributed by atoms with Gasteiger partial charge in [-0.25, -0.2) is 0 Å². The molecule has 0 aliphatic rings. The average Bonchev–Trinajstić information content (AvgIpc) is 2.86. The fourth-order valence-corrected chi connectivity index (χ4v) is 3.50. The quantitative estimate of drug-likeness (QED) is 0.126. The second-order valence-corrected chi connectivity index (χ2v) is 8.59. The minimum Gasteiger partial charge on any atom is -0.494 e. The first-order valence-corrected chi connectivity index (χ1v) is 13.0. The van der Waals surface area contributed by atoms with Crippen LogP contribution in [0.2, 0.25) is 0 Å². The maximum Gasteiger partial charge on any atom is 0.185 e. The lowest BCUT2D eigenvalue weighted by Crippen LogP contribution is -2.01. The highest BCUT2D eigenvalue weighted by molar-refractivity contribution is 6.07. The lowest BCUT2D eigenvalue weighted by atomic mass is 10.1. The van der Waals surface area contributed by atoms with E-state index in [1.165, 1.54) is 0 Å². The first-order valence-electron chi connectivity index (χ1n) is 13.0. The van der Waals surface area contributed by atoms with Crippen molar-refractivity contribution in [2.45, 2.75) is 78.6 Å². The third-order valence-corrected chi connectivity index (χ3v) is 5.55. The molecule has 0 saturated carbocycles. The van der Waals surface area contributed by atoms with E-state index in [1.807, 2.05) is 48.5 Å². The van der Waals surface area contributed by atoms with E-state index in [9.17, 15) is 4.79 Å². The molecule has 0 aliphatic carbocycles. The summed E-state index contributed by atoms with van der Waals surface area (Å²) < 4.78 is 17.7. The molecule has 4 heteroatoms. The molecule has 0 unspecified atom stereocenters. The van der Waals surface area contributed by atoms with Crippen LogP contribution in [0.4, 0.5) is 0 Å². The smallest absolute Gasteiger partial charge is 0.185 e. The SMILES string of the molecule is CCCCCOc1cccc(C(=O)/C=C/c2cc(OCCCCC)ccc2OCCCCC)c1. The van der Waals surface area contributed by atoms with Crippen molar-refractivity contribution in [1.29, 1.82) is 0 Å². The van der Waals surface area contributed by atoms with Gasteiger partial charge in [-0.1, -0.05) is 71.4 Å². The molecule has 0 radical (unpaired) electrons. The van der Waals surface area contributed by atoms with Gasteiger partial charge in [0.2, 0.25) is 0 Å². The molecule has 0 saturated heterocycles. The summed E-state index contributed by atoms with van der Waals surface area (Å²) in [5.74, 6) is 2.24. The Morgan fingerprint density at radius 2 is 1.29 bits per heavy atom. The second-order valence-electron chi connectivity index (χ2n) is 8.59. The number of hydrogen-bond acceptors (Lipinski definition) is 4. The van der Waals surface area contributed by atoms with Gasteiger partial charge in [0, 0.05) is 11.1 Å². The number of ketones is 1. The van der Waals surface area contributed by atoms with Gasteiger partial charge in [-0.2, -0.15) is 0 Å². The van der Waals surface area contributed by atoms with Gasteiger partial charge in [-0.15, -0.1) is 0 Å². The zero-order valence-corrected chi connectivity index (χ0v) is 21.3. The molecule has 2 aromatic rings. The molecule has 0 aromatic heterocycles. The molecule has 2 aromatic carbocycles. The van der Waals surface area contributed by atoms with Gasteiger partial charge in [0.05, 0.1) is 19.8 Å². The number of unbranched alkanes of at least 4 members (excludes halogenated alkanes) is 6. The largest absolute Gasteiger partial charge is 0.494 e. The molecule has 34 heavy (non-hydrogen) atoms. The third kappa shape index (κ3) is 10.5. The normalized spacial score (nSPS) is 11.0. The molecule has 4 nitrogen and oxygen atoms in total. The summed E-state index contributed by atoms with van der Waals surface area (Å²) >= 11 is 0. The Kier molecular flexibility index (Phi) is 13.6. The van der Waals surface area contributed by atoms with Crippen molar-refractivity contribution in [3.8, 4) is 17.2 Å².